The maximum absolute atomic E-state index is 10.7. The van der Waals surface area contributed by atoms with Crippen LogP contribution < -0.4 is 0 Å². The molecule has 0 amide bonds. The van der Waals surface area contributed by atoms with Gasteiger partial charge in [-0.1, -0.05) is 6.92 Å². The third kappa shape index (κ3) is 3.12. The minimum absolute atomic E-state index is 0. The molecule has 0 bridgehead atoms. The highest BCUT2D eigenvalue weighted by Crippen LogP contribution is 2.22. The smallest absolute Gasteiger partial charge is 0.335 e. The summed E-state index contributed by atoms with van der Waals surface area (Å²) in [7, 11) is 0. The Morgan fingerprint density at radius 2 is 1.93 bits per heavy atom. The minimum atomic E-state index is -1.47. The van der Waals surface area contributed by atoms with E-state index in [0.29, 0.717) is 25.9 Å². The topological polar surface area (TPSA) is 60.8 Å². The molecule has 14 heavy (non-hydrogen) atoms. The molecule has 0 unspecified atom stereocenters. The Bertz CT molecular complexity index is 190. The van der Waals surface area contributed by atoms with Gasteiger partial charge in [0.1, 0.15) is 0 Å². The zero-order chi connectivity index (χ0) is 9.90. The Kier molecular flexibility index (Phi) is 5.41. The summed E-state index contributed by atoms with van der Waals surface area (Å²) in [5.74, 6) is -1.08. The predicted molar refractivity (Wildman–Crippen MR) is 55.8 cm³/mol. The first-order valence-electron chi connectivity index (χ1n) is 4.76. The molecule has 0 radical (unpaired) electrons. The summed E-state index contributed by atoms with van der Waals surface area (Å²) < 4.78 is 0. The van der Waals surface area contributed by atoms with Crippen molar-refractivity contribution in [2.75, 3.05) is 19.6 Å². The molecular formula is C9H18ClNO3. The first kappa shape index (κ1) is 13.7. The van der Waals surface area contributed by atoms with E-state index < -0.39 is 11.6 Å². The van der Waals surface area contributed by atoms with Crippen LogP contribution in [0.3, 0.4) is 0 Å². The molecule has 1 saturated heterocycles. The molecule has 1 aliphatic rings. The highest BCUT2D eigenvalue weighted by Gasteiger charge is 2.38. The number of rotatable bonds is 3. The number of hydrogen-bond donors (Lipinski definition) is 2. The van der Waals surface area contributed by atoms with E-state index in [1.807, 2.05) is 0 Å². The number of carbonyl (C=O) groups is 1. The van der Waals surface area contributed by atoms with Crippen LogP contribution >= 0.6 is 12.4 Å². The summed E-state index contributed by atoms with van der Waals surface area (Å²) in [6.45, 7) is 4.47. The van der Waals surface area contributed by atoms with Gasteiger partial charge in [-0.05, 0) is 25.8 Å². The third-order valence-electron chi connectivity index (χ3n) is 2.62. The molecule has 2 N–H and O–H groups in total. The Morgan fingerprint density at radius 1 is 1.43 bits per heavy atom. The van der Waals surface area contributed by atoms with Gasteiger partial charge in [-0.3, -0.25) is 0 Å². The molecule has 0 aromatic carbocycles. The van der Waals surface area contributed by atoms with Gasteiger partial charge in [0.2, 0.25) is 0 Å². The van der Waals surface area contributed by atoms with Crippen molar-refractivity contribution < 1.29 is 15.0 Å². The predicted octanol–water partition coefficient (Wildman–Crippen LogP) is 0.730. The number of hydrogen-bond acceptors (Lipinski definition) is 3. The average Bonchev–Trinajstić information content (AvgIpc) is 2.09. The Balaban J connectivity index is 0.00000169. The second-order valence-electron chi connectivity index (χ2n) is 3.68. The first-order chi connectivity index (χ1) is 6.08. The Morgan fingerprint density at radius 3 is 2.29 bits per heavy atom. The molecule has 1 heterocycles. The molecule has 0 aromatic heterocycles. The number of carboxylic acid groups (broad SMARTS) is 1. The van der Waals surface area contributed by atoms with Crippen molar-refractivity contribution in [1.29, 1.82) is 0 Å². The van der Waals surface area contributed by atoms with Crippen LogP contribution in [0.1, 0.15) is 26.2 Å². The van der Waals surface area contributed by atoms with Gasteiger partial charge >= 0.3 is 5.97 Å². The number of aliphatic hydroxyl groups is 1. The maximum Gasteiger partial charge on any atom is 0.335 e. The van der Waals surface area contributed by atoms with E-state index in [1.54, 1.807) is 0 Å². The lowest BCUT2D eigenvalue weighted by molar-refractivity contribution is -0.163. The van der Waals surface area contributed by atoms with Gasteiger partial charge in [-0.2, -0.15) is 0 Å². The fraction of sp³-hybridized carbons (Fsp3) is 0.889. The monoisotopic (exact) mass is 223 g/mol. The van der Waals surface area contributed by atoms with E-state index in [9.17, 15) is 9.90 Å². The van der Waals surface area contributed by atoms with E-state index in [1.165, 1.54) is 0 Å². The lowest BCUT2D eigenvalue weighted by atomic mass is 9.91. The maximum atomic E-state index is 10.7. The van der Waals surface area contributed by atoms with Crippen LogP contribution in [-0.2, 0) is 4.79 Å². The lowest BCUT2D eigenvalue weighted by Gasteiger charge is -2.35. The van der Waals surface area contributed by atoms with Gasteiger partial charge in [0.15, 0.2) is 5.60 Å². The van der Waals surface area contributed by atoms with Crippen molar-refractivity contribution in [3.05, 3.63) is 0 Å². The normalized spacial score (nSPS) is 21.3. The van der Waals surface area contributed by atoms with Crippen molar-refractivity contribution in [2.24, 2.45) is 0 Å². The van der Waals surface area contributed by atoms with Crippen LogP contribution in [0.2, 0.25) is 0 Å². The van der Waals surface area contributed by atoms with Crippen LogP contribution in [0, 0.1) is 0 Å². The summed E-state index contributed by atoms with van der Waals surface area (Å²) in [6.07, 6.45) is 1.77. The number of carboxylic acids is 1. The van der Waals surface area contributed by atoms with Crippen LogP contribution in [0.15, 0.2) is 0 Å². The third-order valence-corrected chi connectivity index (χ3v) is 2.62. The van der Waals surface area contributed by atoms with E-state index in [-0.39, 0.29) is 12.4 Å². The molecule has 5 heteroatoms. The summed E-state index contributed by atoms with van der Waals surface area (Å²) in [6, 6.07) is 0. The molecule has 1 aliphatic heterocycles. The first-order valence-corrected chi connectivity index (χ1v) is 4.76. The average molecular weight is 224 g/mol. The molecule has 84 valence electrons. The quantitative estimate of drug-likeness (QED) is 0.741. The number of aliphatic carboxylic acids is 1. The largest absolute Gasteiger partial charge is 0.479 e. The van der Waals surface area contributed by atoms with Crippen molar-refractivity contribution in [3.63, 3.8) is 0 Å². The summed E-state index contributed by atoms with van der Waals surface area (Å²) in [5, 5.41) is 18.4. The van der Waals surface area contributed by atoms with Crippen LogP contribution in [0.4, 0.5) is 0 Å². The molecular weight excluding hydrogens is 206 g/mol. The highest BCUT2D eigenvalue weighted by atomic mass is 35.5. The van der Waals surface area contributed by atoms with Gasteiger partial charge in [0.05, 0.1) is 0 Å². The molecule has 1 rings (SSSR count). The van der Waals surface area contributed by atoms with Gasteiger partial charge in [-0.25, -0.2) is 4.79 Å². The van der Waals surface area contributed by atoms with Crippen molar-refractivity contribution in [3.8, 4) is 0 Å². The van der Waals surface area contributed by atoms with E-state index >= 15 is 0 Å². The van der Waals surface area contributed by atoms with Gasteiger partial charge < -0.3 is 15.1 Å². The van der Waals surface area contributed by atoms with E-state index in [2.05, 4.69) is 11.8 Å². The summed E-state index contributed by atoms with van der Waals surface area (Å²) >= 11 is 0. The van der Waals surface area contributed by atoms with E-state index in [0.717, 1.165) is 13.0 Å². The van der Waals surface area contributed by atoms with Gasteiger partial charge in [0.25, 0.3) is 0 Å². The second-order valence-corrected chi connectivity index (χ2v) is 3.68. The second kappa shape index (κ2) is 5.53. The molecule has 0 aliphatic carbocycles. The molecule has 4 nitrogen and oxygen atoms in total. The zero-order valence-corrected chi connectivity index (χ0v) is 9.22. The molecule has 1 fully saturated rings. The van der Waals surface area contributed by atoms with Crippen molar-refractivity contribution >= 4 is 18.4 Å². The SMILES string of the molecule is CCCN1CCC(O)(C(=O)O)CC1.Cl. The standard InChI is InChI=1S/C9H17NO3.ClH/c1-2-5-10-6-3-9(13,4-7-10)8(11)12;/h13H,2-7H2,1H3,(H,11,12);1H. The van der Waals surface area contributed by atoms with Crippen molar-refractivity contribution in [2.45, 2.75) is 31.8 Å². The molecule has 0 atom stereocenters. The zero-order valence-electron chi connectivity index (χ0n) is 8.40. The fourth-order valence-electron chi connectivity index (χ4n) is 1.68. The number of nitrogens with zero attached hydrogens (tertiary/aromatic N) is 1. The Hall–Kier alpha value is -0.320. The highest BCUT2D eigenvalue weighted by molar-refractivity contribution is 5.85. The minimum Gasteiger partial charge on any atom is -0.479 e. The number of piperidine rings is 1. The lowest BCUT2D eigenvalue weighted by Crippen LogP contribution is -2.49. The van der Waals surface area contributed by atoms with Crippen LogP contribution in [0.5, 0.6) is 0 Å². The summed E-state index contributed by atoms with van der Waals surface area (Å²) in [4.78, 5) is 12.9. The summed E-state index contributed by atoms with van der Waals surface area (Å²) in [5.41, 5.74) is -1.47. The van der Waals surface area contributed by atoms with Gasteiger partial charge in [-0.15, -0.1) is 12.4 Å². The Labute approximate surface area is 90.3 Å². The fourth-order valence-corrected chi connectivity index (χ4v) is 1.68. The van der Waals surface area contributed by atoms with Crippen LogP contribution in [-0.4, -0.2) is 46.3 Å². The van der Waals surface area contributed by atoms with Crippen molar-refractivity contribution in [1.82, 2.24) is 4.90 Å². The number of likely N-dealkylation sites (tertiary alicyclic amines) is 1. The van der Waals surface area contributed by atoms with Crippen LogP contribution in [0.25, 0.3) is 0 Å². The molecule has 0 saturated carbocycles. The molecule has 0 aromatic rings. The van der Waals surface area contributed by atoms with E-state index in [4.69, 9.17) is 5.11 Å². The number of halogens is 1. The van der Waals surface area contributed by atoms with Gasteiger partial charge in [0, 0.05) is 13.1 Å². The molecule has 0 spiro atoms.